The van der Waals surface area contributed by atoms with Crippen LogP contribution >= 0.6 is 0 Å². The molecule has 0 saturated carbocycles. The topological polar surface area (TPSA) is 35.2 Å². The Kier molecular flexibility index (Phi) is 6.71. The summed E-state index contributed by atoms with van der Waals surface area (Å²) in [5.41, 5.74) is 10.9. The fraction of sp³-hybridized carbons (Fsp3) is 0.300. The molecule has 0 saturated heterocycles. The second-order valence-electron chi connectivity index (χ2n) is 5.31. The van der Waals surface area contributed by atoms with Gasteiger partial charge in [0.15, 0.2) is 0 Å². The number of rotatable bonds is 4. The van der Waals surface area contributed by atoms with Gasteiger partial charge in [0.1, 0.15) is 11.5 Å². The third-order valence-electron chi connectivity index (χ3n) is 3.16. The van der Waals surface area contributed by atoms with Gasteiger partial charge < -0.3 is 10.5 Å². The molecule has 0 heterocycles. The van der Waals surface area contributed by atoms with Gasteiger partial charge in [0.2, 0.25) is 0 Å². The van der Waals surface area contributed by atoms with Crippen molar-refractivity contribution in [3.8, 4) is 11.5 Å². The Morgan fingerprint density at radius 3 is 2.14 bits per heavy atom. The minimum absolute atomic E-state index is 0.677. The lowest BCUT2D eigenvalue weighted by Crippen LogP contribution is -2.01. The molecule has 0 aliphatic carbocycles. The Hall–Kier alpha value is -2.22. The predicted molar refractivity (Wildman–Crippen MR) is 95.5 cm³/mol. The Bertz CT molecular complexity index is 621. The molecule has 2 aromatic rings. The summed E-state index contributed by atoms with van der Waals surface area (Å²) in [5.74, 6) is 1.79. The van der Waals surface area contributed by atoms with Gasteiger partial charge in [0, 0.05) is 12.1 Å². The van der Waals surface area contributed by atoms with E-state index in [0.29, 0.717) is 12.1 Å². The predicted octanol–water partition coefficient (Wildman–Crippen LogP) is 5.45. The Labute approximate surface area is 134 Å². The summed E-state index contributed by atoms with van der Waals surface area (Å²) in [6.45, 7) is 13.9. The van der Waals surface area contributed by atoms with Crippen LogP contribution in [0.3, 0.4) is 0 Å². The molecule has 2 rings (SSSR count). The van der Waals surface area contributed by atoms with E-state index in [1.807, 2.05) is 32.0 Å². The number of allylic oxidation sites excluding steroid dienone is 1. The SMILES string of the molecule is C=C(N)Cc1cc(C)c(Oc2cccc(C)c2)c(C)c1.CC. The molecule has 0 bridgehead atoms. The first-order chi connectivity index (χ1) is 10.5. The van der Waals surface area contributed by atoms with E-state index >= 15 is 0 Å². The number of nitrogens with two attached hydrogens (primary N) is 1. The van der Waals surface area contributed by atoms with E-state index in [9.17, 15) is 0 Å². The quantitative estimate of drug-likeness (QED) is 0.815. The molecule has 0 aromatic heterocycles. The second kappa shape index (κ2) is 8.28. The van der Waals surface area contributed by atoms with Crippen LogP contribution in [0.25, 0.3) is 0 Å². The van der Waals surface area contributed by atoms with Gasteiger partial charge in [-0.3, -0.25) is 0 Å². The summed E-state index contributed by atoms with van der Waals surface area (Å²) >= 11 is 0. The third kappa shape index (κ3) is 4.96. The monoisotopic (exact) mass is 297 g/mol. The molecule has 2 heteroatoms. The van der Waals surface area contributed by atoms with E-state index in [4.69, 9.17) is 10.5 Å². The van der Waals surface area contributed by atoms with Crippen LogP contribution in [-0.4, -0.2) is 0 Å². The van der Waals surface area contributed by atoms with Crippen LogP contribution in [0.5, 0.6) is 11.5 Å². The van der Waals surface area contributed by atoms with Crippen LogP contribution in [0.2, 0.25) is 0 Å². The largest absolute Gasteiger partial charge is 0.457 e. The molecular weight excluding hydrogens is 270 g/mol. The number of hydrogen-bond acceptors (Lipinski definition) is 2. The van der Waals surface area contributed by atoms with Crippen LogP contribution < -0.4 is 10.5 Å². The first-order valence-corrected chi connectivity index (χ1v) is 7.73. The second-order valence-corrected chi connectivity index (χ2v) is 5.31. The van der Waals surface area contributed by atoms with Gasteiger partial charge >= 0.3 is 0 Å². The van der Waals surface area contributed by atoms with Crippen molar-refractivity contribution in [1.82, 2.24) is 0 Å². The summed E-state index contributed by atoms with van der Waals surface area (Å²) < 4.78 is 6.03. The Balaban J connectivity index is 0.00000116. The summed E-state index contributed by atoms with van der Waals surface area (Å²) in [6.07, 6.45) is 0.701. The van der Waals surface area contributed by atoms with Gasteiger partial charge in [-0.2, -0.15) is 0 Å². The fourth-order valence-corrected chi connectivity index (χ4v) is 2.36. The van der Waals surface area contributed by atoms with Crippen LogP contribution in [0.15, 0.2) is 48.7 Å². The average molecular weight is 297 g/mol. The first kappa shape index (κ1) is 17.8. The fourth-order valence-electron chi connectivity index (χ4n) is 2.36. The van der Waals surface area contributed by atoms with E-state index in [2.05, 4.69) is 45.5 Å². The van der Waals surface area contributed by atoms with Crippen molar-refractivity contribution in [2.75, 3.05) is 0 Å². The highest BCUT2D eigenvalue weighted by atomic mass is 16.5. The average Bonchev–Trinajstić information content (AvgIpc) is 2.44. The zero-order valence-corrected chi connectivity index (χ0v) is 14.4. The lowest BCUT2D eigenvalue weighted by atomic mass is 10.0. The van der Waals surface area contributed by atoms with E-state index < -0.39 is 0 Å². The van der Waals surface area contributed by atoms with E-state index in [1.165, 1.54) is 11.1 Å². The molecule has 0 amide bonds. The number of benzene rings is 2. The molecule has 0 unspecified atom stereocenters. The molecule has 2 N–H and O–H groups in total. The van der Waals surface area contributed by atoms with E-state index in [1.54, 1.807) is 0 Å². The van der Waals surface area contributed by atoms with E-state index in [-0.39, 0.29) is 0 Å². The first-order valence-electron chi connectivity index (χ1n) is 7.73. The Morgan fingerprint density at radius 1 is 1.05 bits per heavy atom. The summed E-state index contributed by atoms with van der Waals surface area (Å²) in [7, 11) is 0. The maximum Gasteiger partial charge on any atom is 0.133 e. The third-order valence-corrected chi connectivity index (χ3v) is 3.16. The Morgan fingerprint density at radius 2 is 1.64 bits per heavy atom. The molecule has 22 heavy (non-hydrogen) atoms. The summed E-state index contributed by atoms with van der Waals surface area (Å²) in [6, 6.07) is 12.3. The zero-order chi connectivity index (χ0) is 16.7. The molecule has 0 radical (unpaired) electrons. The van der Waals surface area contributed by atoms with Gasteiger partial charge in [0.25, 0.3) is 0 Å². The number of hydrogen-bond donors (Lipinski definition) is 1. The van der Waals surface area contributed by atoms with Crippen molar-refractivity contribution >= 4 is 0 Å². The molecule has 2 aromatic carbocycles. The van der Waals surface area contributed by atoms with Crippen molar-refractivity contribution in [2.45, 2.75) is 41.0 Å². The molecule has 0 spiro atoms. The highest BCUT2D eigenvalue weighted by Gasteiger charge is 2.08. The molecular formula is C20H27NO. The minimum atomic E-state index is 0.677. The smallest absolute Gasteiger partial charge is 0.133 e. The van der Waals surface area contributed by atoms with E-state index in [0.717, 1.165) is 22.6 Å². The lowest BCUT2D eigenvalue weighted by Gasteiger charge is -2.14. The van der Waals surface area contributed by atoms with Crippen LogP contribution in [-0.2, 0) is 6.42 Å². The van der Waals surface area contributed by atoms with Gasteiger partial charge in [-0.05, 0) is 55.2 Å². The maximum absolute atomic E-state index is 6.03. The number of aryl methyl sites for hydroxylation is 3. The van der Waals surface area contributed by atoms with Gasteiger partial charge in [0.05, 0.1) is 0 Å². The summed E-state index contributed by atoms with van der Waals surface area (Å²) in [5, 5.41) is 0. The van der Waals surface area contributed by atoms with Crippen LogP contribution in [0, 0.1) is 20.8 Å². The van der Waals surface area contributed by atoms with Gasteiger partial charge in [-0.25, -0.2) is 0 Å². The highest BCUT2D eigenvalue weighted by Crippen LogP contribution is 2.30. The highest BCUT2D eigenvalue weighted by molar-refractivity contribution is 5.46. The molecule has 118 valence electrons. The molecule has 0 fully saturated rings. The van der Waals surface area contributed by atoms with Crippen molar-refractivity contribution in [1.29, 1.82) is 0 Å². The van der Waals surface area contributed by atoms with Crippen LogP contribution in [0.1, 0.15) is 36.1 Å². The zero-order valence-electron chi connectivity index (χ0n) is 14.4. The molecule has 0 aliphatic rings. The van der Waals surface area contributed by atoms with Crippen LogP contribution in [0.4, 0.5) is 0 Å². The lowest BCUT2D eigenvalue weighted by molar-refractivity contribution is 0.474. The molecule has 0 aliphatic heterocycles. The normalized spacial score (nSPS) is 9.68. The number of ether oxygens (including phenoxy) is 1. The molecule has 2 nitrogen and oxygen atoms in total. The van der Waals surface area contributed by atoms with Crippen molar-refractivity contribution in [3.63, 3.8) is 0 Å². The summed E-state index contributed by atoms with van der Waals surface area (Å²) in [4.78, 5) is 0. The van der Waals surface area contributed by atoms with Crippen molar-refractivity contribution in [2.24, 2.45) is 5.73 Å². The molecule has 0 atom stereocenters. The van der Waals surface area contributed by atoms with Crippen molar-refractivity contribution < 1.29 is 4.74 Å². The van der Waals surface area contributed by atoms with Crippen molar-refractivity contribution in [3.05, 3.63) is 70.9 Å². The maximum atomic E-state index is 6.03. The van der Waals surface area contributed by atoms with Gasteiger partial charge in [-0.1, -0.05) is 44.7 Å². The standard InChI is InChI=1S/C18H21NO.C2H6/c1-12-6-5-7-17(8-12)20-18-13(2)9-16(10-14(18)3)11-15(4)19;1-2/h5-10H,4,11,19H2,1-3H3;1-2H3. The van der Waals surface area contributed by atoms with Gasteiger partial charge in [-0.15, -0.1) is 0 Å². The minimum Gasteiger partial charge on any atom is -0.457 e.